The summed E-state index contributed by atoms with van der Waals surface area (Å²) in [4.78, 5) is 13.6. The molecule has 0 saturated heterocycles. The van der Waals surface area contributed by atoms with Gasteiger partial charge in [-0.25, -0.2) is 4.79 Å². The Morgan fingerprint density at radius 2 is 2.00 bits per heavy atom. The van der Waals surface area contributed by atoms with E-state index in [0.717, 1.165) is 6.07 Å². The summed E-state index contributed by atoms with van der Waals surface area (Å²) in [5, 5.41) is 2.77. The molecule has 0 bridgehead atoms. The zero-order valence-electron chi connectivity index (χ0n) is 13.6. The van der Waals surface area contributed by atoms with E-state index in [4.69, 9.17) is 0 Å². The zero-order chi connectivity index (χ0) is 17.6. The van der Waals surface area contributed by atoms with E-state index in [1.807, 2.05) is 19.0 Å². The van der Waals surface area contributed by atoms with Gasteiger partial charge in [0.1, 0.15) is 0 Å². The number of likely N-dealkylation sites (N-methyl/N-ethyl adjacent to an activating group) is 1. The number of hydrogen-bond donors (Lipinski definition) is 1. The molecule has 128 valence electrons. The quantitative estimate of drug-likeness (QED) is 0.811. The second kappa shape index (κ2) is 8.01. The van der Waals surface area contributed by atoms with Crippen LogP contribution in [0.15, 0.2) is 18.2 Å². The number of methoxy groups -OCH3 is 1. The van der Waals surface area contributed by atoms with Crippen molar-refractivity contribution in [3.8, 4) is 0 Å². The van der Waals surface area contributed by atoms with Crippen molar-refractivity contribution in [2.24, 2.45) is 0 Å². The highest BCUT2D eigenvalue weighted by Gasteiger charge is 2.34. The van der Waals surface area contributed by atoms with Crippen LogP contribution >= 0.6 is 0 Å². The van der Waals surface area contributed by atoms with Gasteiger partial charge in [0.15, 0.2) is 0 Å². The first kappa shape index (κ1) is 19.0. The van der Waals surface area contributed by atoms with Crippen molar-refractivity contribution in [3.05, 3.63) is 34.9 Å². The first-order valence-electron chi connectivity index (χ1n) is 7.09. The van der Waals surface area contributed by atoms with Gasteiger partial charge in [-0.3, -0.25) is 0 Å². The molecular formula is C16H21F3N2O2. The van der Waals surface area contributed by atoms with Crippen LogP contribution in [0.25, 0.3) is 6.08 Å². The molecule has 0 atom stereocenters. The van der Waals surface area contributed by atoms with Crippen LogP contribution in [0.3, 0.4) is 0 Å². The number of hydrogen-bond acceptors (Lipinski definition) is 4. The van der Waals surface area contributed by atoms with Crippen LogP contribution < -0.4 is 5.32 Å². The van der Waals surface area contributed by atoms with Gasteiger partial charge in [0.25, 0.3) is 0 Å². The van der Waals surface area contributed by atoms with Crippen LogP contribution in [0.4, 0.5) is 18.9 Å². The third kappa shape index (κ3) is 5.28. The molecule has 0 aliphatic carbocycles. The van der Waals surface area contributed by atoms with Crippen molar-refractivity contribution in [3.63, 3.8) is 0 Å². The minimum atomic E-state index is -4.52. The molecule has 7 heteroatoms. The summed E-state index contributed by atoms with van der Waals surface area (Å²) in [6.07, 6.45) is -1.54. The Bertz CT molecular complexity index is 581. The largest absolute Gasteiger partial charge is 0.465 e. The molecule has 0 unspecified atom stereocenters. The van der Waals surface area contributed by atoms with Crippen molar-refractivity contribution in [1.82, 2.24) is 4.90 Å². The topological polar surface area (TPSA) is 41.6 Å². The van der Waals surface area contributed by atoms with E-state index in [-0.39, 0.29) is 16.8 Å². The summed E-state index contributed by atoms with van der Waals surface area (Å²) < 4.78 is 44.5. The van der Waals surface area contributed by atoms with Gasteiger partial charge in [0.05, 0.1) is 18.2 Å². The number of nitrogens with one attached hydrogen (secondary N) is 1. The molecule has 0 heterocycles. The molecule has 4 nitrogen and oxygen atoms in total. The minimum absolute atomic E-state index is 0.0681. The minimum Gasteiger partial charge on any atom is -0.465 e. The lowest BCUT2D eigenvalue weighted by Crippen LogP contribution is -2.14. The number of esters is 1. The van der Waals surface area contributed by atoms with Gasteiger partial charge in [-0.1, -0.05) is 12.2 Å². The molecule has 0 spiro atoms. The van der Waals surface area contributed by atoms with Gasteiger partial charge < -0.3 is 15.0 Å². The second-order valence-corrected chi connectivity index (χ2v) is 5.17. The average Bonchev–Trinajstić information content (AvgIpc) is 2.46. The molecule has 1 aromatic rings. The Balaban J connectivity index is 3.44. The number of anilines is 1. The summed E-state index contributed by atoms with van der Waals surface area (Å²) in [5.41, 5.74) is -0.680. The van der Waals surface area contributed by atoms with Crippen molar-refractivity contribution in [1.29, 1.82) is 0 Å². The summed E-state index contributed by atoms with van der Waals surface area (Å²) >= 11 is 0. The van der Waals surface area contributed by atoms with E-state index in [0.29, 0.717) is 13.1 Å². The van der Waals surface area contributed by atoms with Crippen LogP contribution in [0, 0.1) is 0 Å². The monoisotopic (exact) mass is 330 g/mol. The molecule has 0 fully saturated rings. The van der Waals surface area contributed by atoms with E-state index in [2.05, 4.69) is 10.1 Å². The molecule has 0 aliphatic rings. The lowest BCUT2D eigenvalue weighted by atomic mass is 10.0. The molecule has 1 aromatic carbocycles. The lowest BCUT2D eigenvalue weighted by Gasteiger charge is -2.16. The standard InChI is InChI=1S/C16H21F3N2O2/c1-5-20-14-10-13(16(17,18)19)11(7-6-8-21(2)3)9-12(14)15(22)23-4/h6-7,9-10,20H,5,8H2,1-4H3/b7-6+. The van der Waals surface area contributed by atoms with Crippen molar-refractivity contribution < 1.29 is 22.7 Å². The van der Waals surface area contributed by atoms with Crippen molar-refractivity contribution >= 4 is 17.7 Å². The third-order valence-electron chi connectivity index (χ3n) is 3.04. The highest BCUT2D eigenvalue weighted by molar-refractivity contribution is 5.96. The van der Waals surface area contributed by atoms with E-state index in [9.17, 15) is 18.0 Å². The SMILES string of the molecule is CCNc1cc(C(F)(F)F)c(/C=C/CN(C)C)cc1C(=O)OC. The predicted molar refractivity (Wildman–Crippen MR) is 84.5 cm³/mol. The first-order chi connectivity index (χ1) is 10.7. The Morgan fingerprint density at radius 1 is 1.35 bits per heavy atom. The zero-order valence-corrected chi connectivity index (χ0v) is 13.6. The van der Waals surface area contributed by atoms with Crippen LogP contribution in [-0.2, 0) is 10.9 Å². The number of carbonyl (C=O) groups excluding carboxylic acids is 1. The number of carbonyl (C=O) groups is 1. The van der Waals surface area contributed by atoms with Gasteiger partial charge in [0, 0.05) is 18.8 Å². The molecule has 0 aliphatic heterocycles. The van der Waals surface area contributed by atoms with Crippen LogP contribution in [0.1, 0.15) is 28.4 Å². The van der Waals surface area contributed by atoms with Gasteiger partial charge in [-0.15, -0.1) is 0 Å². The van der Waals surface area contributed by atoms with Gasteiger partial charge in [-0.05, 0) is 38.7 Å². The molecule has 23 heavy (non-hydrogen) atoms. The predicted octanol–water partition coefficient (Wildman–Crippen LogP) is 3.50. The molecule has 1 rings (SSSR count). The summed E-state index contributed by atoms with van der Waals surface area (Å²) in [7, 11) is 4.81. The smallest absolute Gasteiger partial charge is 0.417 e. The Morgan fingerprint density at radius 3 is 2.48 bits per heavy atom. The van der Waals surface area contributed by atoms with E-state index in [1.54, 1.807) is 13.0 Å². The highest BCUT2D eigenvalue weighted by Crippen LogP contribution is 2.36. The maximum absolute atomic E-state index is 13.3. The summed E-state index contributed by atoms with van der Waals surface area (Å²) in [5.74, 6) is -0.683. The summed E-state index contributed by atoms with van der Waals surface area (Å²) in [6.45, 7) is 2.61. The van der Waals surface area contributed by atoms with Crippen molar-refractivity contribution in [2.45, 2.75) is 13.1 Å². The first-order valence-corrected chi connectivity index (χ1v) is 7.09. The number of benzene rings is 1. The molecule has 1 N–H and O–H groups in total. The van der Waals surface area contributed by atoms with E-state index in [1.165, 1.54) is 19.3 Å². The van der Waals surface area contributed by atoms with Crippen LogP contribution in [-0.4, -0.2) is 45.2 Å². The fraction of sp³-hybridized carbons (Fsp3) is 0.438. The molecule has 0 amide bonds. The molecule has 0 radical (unpaired) electrons. The third-order valence-corrected chi connectivity index (χ3v) is 3.04. The van der Waals surface area contributed by atoms with E-state index >= 15 is 0 Å². The van der Waals surface area contributed by atoms with Gasteiger partial charge in [-0.2, -0.15) is 13.2 Å². The highest BCUT2D eigenvalue weighted by atomic mass is 19.4. The number of nitrogens with zero attached hydrogens (tertiary/aromatic N) is 1. The maximum Gasteiger partial charge on any atom is 0.417 e. The second-order valence-electron chi connectivity index (χ2n) is 5.17. The number of alkyl halides is 3. The summed E-state index contributed by atoms with van der Waals surface area (Å²) in [6, 6.07) is 2.16. The average molecular weight is 330 g/mol. The fourth-order valence-corrected chi connectivity index (χ4v) is 2.01. The molecule has 0 aromatic heterocycles. The van der Waals surface area contributed by atoms with Gasteiger partial charge >= 0.3 is 12.1 Å². The number of ether oxygens (including phenoxy) is 1. The normalized spacial score (nSPS) is 12.0. The lowest BCUT2D eigenvalue weighted by molar-refractivity contribution is -0.137. The van der Waals surface area contributed by atoms with Crippen LogP contribution in [0.2, 0.25) is 0 Å². The molecular weight excluding hydrogens is 309 g/mol. The van der Waals surface area contributed by atoms with Crippen molar-refractivity contribution in [2.75, 3.05) is 39.6 Å². The van der Waals surface area contributed by atoms with Gasteiger partial charge in [0.2, 0.25) is 0 Å². The number of halogens is 3. The fourth-order valence-electron chi connectivity index (χ4n) is 2.01. The Hall–Kier alpha value is -2.02. The molecule has 0 saturated carbocycles. The Kier molecular flexibility index (Phi) is 6.62. The Labute approximate surface area is 133 Å². The number of rotatable bonds is 6. The van der Waals surface area contributed by atoms with E-state index < -0.39 is 17.7 Å². The maximum atomic E-state index is 13.3. The van der Waals surface area contributed by atoms with Crippen LogP contribution in [0.5, 0.6) is 0 Å².